The SMILES string of the molecule is Cc1c(Nc2nc(N[C@H]3CCN(Cc4cccc5c4OCO5)C3)nc(N(C)CC(C)C)n2)cccc1C(N)=O. The summed E-state index contributed by atoms with van der Waals surface area (Å²) in [4.78, 5) is 30.3. The van der Waals surface area contributed by atoms with Crippen molar-refractivity contribution in [1.82, 2.24) is 19.9 Å². The molecule has 1 fully saturated rings. The lowest BCUT2D eigenvalue weighted by molar-refractivity contribution is 0.0999. The third-order valence-corrected chi connectivity index (χ3v) is 6.93. The molecule has 0 saturated carbocycles. The van der Waals surface area contributed by atoms with Crippen molar-refractivity contribution in [1.29, 1.82) is 0 Å². The molecule has 4 N–H and O–H groups in total. The van der Waals surface area contributed by atoms with Gasteiger partial charge < -0.3 is 30.7 Å². The smallest absolute Gasteiger partial charge is 0.249 e. The highest BCUT2D eigenvalue weighted by Crippen LogP contribution is 2.36. The standard InChI is InChI=1S/C28H36N8O3/c1-17(2)13-35(4)28-33-26(32-27(34-28)31-22-9-6-8-21(18(22)3)25(29)37)30-20-11-12-36(15-20)14-19-7-5-10-23-24(19)39-16-38-23/h5-10,17,20H,11-16H2,1-4H3,(H2,29,37)(H2,30,31,32,33,34)/t20-/m0/s1. The summed E-state index contributed by atoms with van der Waals surface area (Å²) in [6.45, 7) is 9.79. The molecule has 2 aliphatic rings. The highest BCUT2D eigenvalue weighted by molar-refractivity contribution is 5.96. The molecule has 3 aromatic rings. The third-order valence-electron chi connectivity index (χ3n) is 6.93. The van der Waals surface area contributed by atoms with Crippen molar-refractivity contribution in [2.24, 2.45) is 11.7 Å². The molecular weight excluding hydrogens is 496 g/mol. The Morgan fingerprint density at radius 1 is 1.15 bits per heavy atom. The molecule has 1 amide bonds. The number of nitrogens with one attached hydrogen (secondary N) is 2. The van der Waals surface area contributed by atoms with Crippen LogP contribution in [-0.4, -0.2) is 65.3 Å². The summed E-state index contributed by atoms with van der Waals surface area (Å²) in [5.41, 5.74) is 8.59. The number of benzene rings is 2. The van der Waals surface area contributed by atoms with E-state index in [1.54, 1.807) is 12.1 Å². The first-order valence-electron chi connectivity index (χ1n) is 13.3. The van der Waals surface area contributed by atoms with Crippen LogP contribution >= 0.6 is 0 Å². The minimum absolute atomic E-state index is 0.178. The van der Waals surface area contributed by atoms with Crippen molar-refractivity contribution in [3.8, 4) is 11.5 Å². The van der Waals surface area contributed by atoms with Crippen LogP contribution in [0.25, 0.3) is 0 Å². The molecule has 2 aromatic carbocycles. The zero-order chi connectivity index (χ0) is 27.5. The molecule has 1 aromatic heterocycles. The fourth-order valence-electron chi connectivity index (χ4n) is 5.08. The number of amides is 1. The maximum atomic E-state index is 11.8. The van der Waals surface area contributed by atoms with Gasteiger partial charge in [0.2, 0.25) is 30.5 Å². The third kappa shape index (κ3) is 6.14. The summed E-state index contributed by atoms with van der Waals surface area (Å²) in [5, 5.41) is 6.80. The zero-order valence-electron chi connectivity index (χ0n) is 22.9. The number of para-hydroxylation sites is 1. The maximum Gasteiger partial charge on any atom is 0.249 e. The van der Waals surface area contributed by atoms with Gasteiger partial charge in [0, 0.05) is 56.1 Å². The number of primary amides is 1. The van der Waals surface area contributed by atoms with Crippen LogP contribution in [0.2, 0.25) is 0 Å². The second-order valence-electron chi connectivity index (χ2n) is 10.5. The monoisotopic (exact) mass is 532 g/mol. The molecule has 0 bridgehead atoms. The number of fused-ring (bicyclic) bond motifs is 1. The summed E-state index contributed by atoms with van der Waals surface area (Å²) in [5.74, 6) is 3.08. The molecule has 11 heteroatoms. The van der Waals surface area contributed by atoms with Crippen molar-refractivity contribution < 1.29 is 14.3 Å². The fourth-order valence-corrected chi connectivity index (χ4v) is 5.08. The number of hydrogen-bond acceptors (Lipinski definition) is 10. The molecule has 5 rings (SSSR count). The summed E-state index contributed by atoms with van der Waals surface area (Å²) >= 11 is 0. The predicted octanol–water partition coefficient (Wildman–Crippen LogP) is 3.53. The highest BCUT2D eigenvalue weighted by Gasteiger charge is 2.26. The summed E-state index contributed by atoms with van der Waals surface area (Å²) in [7, 11) is 1.98. The van der Waals surface area contributed by atoms with E-state index < -0.39 is 5.91 Å². The molecule has 1 saturated heterocycles. The Balaban J connectivity index is 1.33. The van der Waals surface area contributed by atoms with Crippen LogP contribution in [0.15, 0.2) is 36.4 Å². The van der Waals surface area contributed by atoms with Crippen LogP contribution < -0.4 is 30.7 Å². The highest BCUT2D eigenvalue weighted by atomic mass is 16.7. The van der Waals surface area contributed by atoms with Gasteiger partial charge >= 0.3 is 0 Å². The number of anilines is 4. The quantitative estimate of drug-likeness (QED) is 0.356. The van der Waals surface area contributed by atoms with E-state index in [1.807, 2.05) is 37.1 Å². The lowest BCUT2D eigenvalue weighted by atomic mass is 10.1. The minimum Gasteiger partial charge on any atom is -0.454 e. The average molecular weight is 533 g/mol. The van der Waals surface area contributed by atoms with Gasteiger partial charge in [0.1, 0.15) is 0 Å². The van der Waals surface area contributed by atoms with Crippen LogP contribution in [0, 0.1) is 12.8 Å². The molecule has 0 unspecified atom stereocenters. The maximum absolute atomic E-state index is 11.8. The lowest BCUT2D eigenvalue weighted by Gasteiger charge is -2.22. The van der Waals surface area contributed by atoms with Crippen LogP contribution in [-0.2, 0) is 6.54 Å². The van der Waals surface area contributed by atoms with E-state index >= 15 is 0 Å². The Kier molecular flexibility index (Phi) is 7.69. The molecule has 11 nitrogen and oxygen atoms in total. The van der Waals surface area contributed by atoms with E-state index in [2.05, 4.69) is 45.4 Å². The first-order chi connectivity index (χ1) is 18.8. The number of rotatable bonds is 10. The van der Waals surface area contributed by atoms with E-state index in [9.17, 15) is 4.79 Å². The Bertz CT molecular complexity index is 1350. The van der Waals surface area contributed by atoms with Gasteiger partial charge in [-0.25, -0.2) is 0 Å². The molecule has 206 valence electrons. The number of hydrogen-bond donors (Lipinski definition) is 3. The average Bonchev–Trinajstić information content (AvgIpc) is 3.54. The largest absolute Gasteiger partial charge is 0.454 e. The Morgan fingerprint density at radius 2 is 1.95 bits per heavy atom. The number of nitrogens with zero attached hydrogens (tertiary/aromatic N) is 5. The number of carbonyl (C=O) groups is 1. The Hall–Kier alpha value is -4.12. The first kappa shape index (κ1) is 26.5. The number of ether oxygens (including phenoxy) is 2. The van der Waals surface area contributed by atoms with Gasteiger partial charge in [0.05, 0.1) is 0 Å². The van der Waals surface area contributed by atoms with Crippen LogP contribution in [0.4, 0.5) is 23.5 Å². The van der Waals surface area contributed by atoms with Crippen molar-refractivity contribution in [2.45, 2.75) is 39.8 Å². The van der Waals surface area contributed by atoms with E-state index in [1.165, 1.54) is 0 Å². The summed E-state index contributed by atoms with van der Waals surface area (Å²) in [6, 6.07) is 11.6. The first-order valence-corrected chi connectivity index (χ1v) is 13.3. The van der Waals surface area contributed by atoms with Gasteiger partial charge in [-0.2, -0.15) is 15.0 Å². The van der Waals surface area contributed by atoms with E-state index in [0.29, 0.717) is 29.3 Å². The predicted molar refractivity (Wildman–Crippen MR) is 151 cm³/mol. The summed E-state index contributed by atoms with van der Waals surface area (Å²) in [6.07, 6.45) is 0.956. The van der Waals surface area contributed by atoms with Crippen LogP contribution in [0.5, 0.6) is 11.5 Å². The van der Waals surface area contributed by atoms with Crippen molar-refractivity contribution in [3.05, 3.63) is 53.1 Å². The van der Waals surface area contributed by atoms with Gasteiger partial charge in [-0.05, 0) is 43.0 Å². The van der Waals surface area contributed by atoms with Gasteiger partial charge in [0.15, 0.2) is 11.5 Å². The molecule has 2 aliphatic heterocycles. The van der Waals surface area contributed by atoms with Crippen molar-refractivity contribution in [3.63, 3.8) is 0 Å². The fraction of sp³-hybridized carbons (Fsp3) is 0.429. The lowest BCUT2D eigenvalue weighted by Crippen LogP contribution is -2.28. The molecule has 0 spiro atoms. The van der Waals surface area contributed by atoms with Crippen LogP contribution in [0.1, 0.15) is 41.8 Å². The molecular formula is C28H36N8O3. The number of carbonyl (C=O) groups excluding carboxylic acids is 1. The topological polar surface area (TPSA) is 131 Å². The molecule has 39 heavy (non-hydrogen) atoms. The van der Waals surface area contributed by atoms with Crippen molar-refractivity contribution in [2.75, 3.05) is 49.0 Å². The normalized spacial score (nSPS) is 16.5. The molecule has 1 atom stereocenters. The number of likely N-dealkylation sites (tertiary alicyclic amines) is 1. The van der Waals surface area contributed by atoms with Crippen LogP contribution in [0.3, 0.4) is 0 Å². The Labute approximate surface area is 228 Å². The van der Waals surface area contributed by atoms with Gasteiger partial charge in [0.25, 0.3) is 0 Å². The number of aromatic nitrogens is 3. The van der Waals surface area contributed by atoms with E-state index in [0.717, 1.165) is 60.9 Å². The summed E-state index contributed by atoms with van der Waals surface area (Å²) < 4.78 is 11.2. The number of nitrogens with two attached hydrogens (primary N) is 1. The Morgan fingerprint density at radius 3 is 2.74 bits per heavy atom. The molecule has 3 heterocycles. The minimum atomic E-state index is -0.475. The van der Waals surface area contributed by atoms with Gasteiger partial charge in [-0.1, -0.05) is 32.0 Å². The molecule has 0 aliphatic carbocycles. The molecule has 0 radical (unpaired) electrons. The van der Waals surface area contributed by atoms with Gasteiger partial charge in [-0.3, -0.25) is 9.69 Å². The van der Waals surface area contributed by atoms with Gasteiger partial charge in [-0.15, -0.1) is 0 Å². The van der Waals surface area contributed by atoms with E-state index in [-0.39, 0.29) is 12.8 Å². The van der Waals surface area contributed by atoms with Crippen molar-refractivity contribution >= 4 is 29.4 Å². The zero-order valence-corrected chi connectivity index (χ0v) is 22.9. The second kappa shape index (κ2) is 11.3. The van der Waals surface area contributed by atoms with E-state index in [4.69, 9.17) is 20.2 Å². The second-order valence-corrected chi connectivity index (χ2v) is 10.5.